The van der Waals surface area contributed by atoms with Gasteiger partial charge in [-0.25, -0.2) is 0 Å². The molecule has 1 aromatic rings. The second-order valence-electron chi connectivity index (χ2n) is 4.14. The minimum Gasteiger partial charge on any atom is -0.481 e. The van der Waals surface area contributed by atoms with Gasteiger partial charge < -0.3 is 4.74 Å². The first-order valence-electron chi connectivity index (χ1n) is 4.79. The summed E-state index contributed by atoms with van der Waals surface area (Å²) < 4.78 is 6.60. The van der Waals surface area contributed by atoms with Crippen molar-refractivity contribution in [2.75, 3.05) is 0 Å². The molecule has 84 valence electrons. The maximum atomic E-state index is 11.0. The molecule has 0 amide bonds. The zero-order valence-electron chi connectivity index (χ0n) is 8.88. The molecule has 1 aliphatic heterocycles. The first-order chi connectivity index (χ1) is 7.44. The van der Waals surface area contributed by atoms with E-state index in [0.717, 1.165) is 22.1 Å². The molecule has 0 spiro atoms. The van der Waals surface area contributed by atoms with E-state index < -0.39 is 5.60 Å². The van der Waals surface area contributed by atoms with Crippen LogP contribution in [0.2, 0.25) is 5.02 Å². The van der Waals surface area contributed by atoms with E-state index in [1.807, 2.05) is 19.9 Å². The minimum absolute atomic E-state index is 0.606. The molecule has 0 bridgehead atoms. The molecule has 0 aromatic heterocycles. The van der Waals surface area contributed by atoms with Crippen molar-refractivity contribution >= 4 is 39.9 Å². The maximum Gasteiger partial charge on any atom is 0.150 e. The van der Waals surface area contributed by atoms with Crippen LogP contribution in [0.25, 0.3) is 6.08 Å². The van der Waals surface area contributed by atoms with E-state index in [4.69, 9.17) is 16.3 Å². The van der Waals surface area contributed by atoms with Crippen LogP contribution < -0.4 is 4.74 Å². The van der Waals surface area contributed by atoms with Gasteiger partial charge in [0.15, 0.2) is 0 Å². The smallest absolute Gasteiger partial charge is 0.150 e. The van der Waals surface area contributed by atoms with Gasteiger partial charge in [0.25, 0.3) is 0 Å². The van der Waals surface area contributed by atoms with E-state index in [-0.39, 0.29) is 0 Å². The van der Waals surface area contributed by atoms with E-state index in [1.54, 1.807) is 12.1 Å². The zero-order valence-corrected chi connectivity index (χ0v) is 11.2. The largest absolute Gasteiger partial charge is 0.481 e. The Morgan fingerprint density at radius 1 is 1.44 bits per heavy atom. The third-order valence-electron chi connectivity index (χ3n) is 2.53. The number of benzene rings is 1. The summed E-state index contributed by atoms with van der Waals surface area (Å²) in [7, 11) is 0. The van der Waals surface area contributed by atoms with Gasteiger partial charge in [-0.15, -0.1) is 0 Å². The Hall–Kier alpha value is -0.800. The lowest BCUT2D eigenvalue weighted by atomic mass is 9.93. The number of carbonyl (C=O) groups is 1. The van der Waals surface area contributed by atoms with Gasteiger partial charge in [0.05, 0.1) is 4.47 Å². The predicted molar refractivity (Wildman–Crippen MR) is 67.9 cm³/mol. The fraction of sp³-hybridized carbons (Fsp3) is 0.250. The Morgan fingerprint density at radius 3 is 2.75 bits per heavy atom. The normalized spacial score (nSPS) is 17.1. The number of carbonyl (C=O) groups excluding carboxylic acids is 1. The number of ether oxygens (including phenoxy) is 1. The van der Waals surface area contributed by atoms with Crippen LogP contribution in [0.15, 0.2) is 22.2 Å². The number of aldehydes is 1. The molecular formula is C12H10BrClO2. The highest BCUT2D eigenvalue weighted by atomic mass is 79.9. The van der Waals surface area contributed by atoms with Gasteiger partial charge in [-0.05, 0) is 48.0 Å². The van der Waals surface area contributed by atoms with Crippen molar-refractivity contribution in [2.24, 2.45) is 0 Å². The molecule has 0 aliphatic carbocycles. The SMILES string of the molecule is CC1(C)Oc2c(Br)cc(Cl)cc2C=C1C=O. The number of fused-ring (bicyclic) bond motifs is 1. The van der Waals surface area contributed by atoms with Gasteiger partial charge in [0.1, 0.15) is 17.6 Å². The molecule has 0 saturated heterocycles. The summed E-state index contributed by atoms with van der Waals surface area (Å²) in [6.07, 6.45) is 2.63. The first kappa shape index (κ1) is 11.7. The van der Waals surface area contributed by atoms with Crippen LogP contribution in [-0.4, -0.2) is 11.9 Å². The third kappa shape index (κ3) is 1.89. The van der Waals surface area contributed by atoms with Crippen molar-refractivity contribution in [2.45, 2.75) is 19.4 Å². The maximum absolute atomic E-state index is 11.0. The molecule has 0 unspecified atom stereocenters. The molecule has 1 aromatic carbocycles. The number of hydrogen-bond donors (Lipinski definition) is 0. The van der Waals surface area contributed by atoms with Crippen molar-refractivity contribution in [3.05, 3.63) is 32.8 Å². The lowest BCUT2D eigenvalue weighted by molar-refractivity contribution is -0.106. The number of hydrogen-bond acceptors (Lipinski definition) is 2. The zero-order chi connectivity index (χ0) is 11.9. The van der Waals surface area contributed by atoms with Crippen LogP contribution in [-0.2, 0) is 4.79 Å². The Morgan fingerprint density at radius 2 is 2.12 bits per heavy atom. The topological polar surface area (TPSA) is 26.3 Å². The van der Waals surface area contributed by atoms with Gasteiger partial charge in [0.2, 0.25) is 0 Å². The molecule has 4 heteroatoms. The van der Waals surface area contributed by atoms with Crippen LogP contribution in [0, 0.1) is 0 Å². The Kier molecular flexibility index (Phi) is 2.84. The van der Waals surface area contributed by atoms with E-state index in [9.17, 15) is 4.79 Å². The number of rotatable bonds is 1. The summed E-state index contributed by atoms with van der Waals surface area (Å²) >= 11 is 9.34. The van der Waals surface area contributed by atoms with E-state index in [0.29, 0.717) is 10.6 Å². The van der Waals surface area contributed by atoms with Crippen molar-refractivity contribution in [1.29, 1.82) is 0 Å². The second-order valence-corrected chi connectivity index (χ2v) is 5.43. The van der Waals surface area contributed by atoms with E-state index in [2.05, 4.69) is 15.9 Å². The van der Waals surface area contributed by atoms with Crippen LogP contribution in [0.3, 0.4) is 0 Å². The molecule has 1 aliphatic rings. The monoisotopic (exact) mass is 300 g/mol. The highest BCUT2D eigenvalue weighted by molar-refractivity contribution is 9.10. The fourth-order valence-corrected chi connectivity index (χ4v) is 2.54. The molecule has 16 heavy (non-hydrogen) atoms. The molecular weight excluding hydrogens is 291 g/mol. The Bertz CT molecular complexity index is 492. The standard InChI is InChI=1S/C12H10BrClO2/c1-12(2)8(6-15)3-7-4-9(14)5-10(13)11(7)16-12/h3-6H,1-2H3. The van der Waals surface area contributed by atoms with Gasteiger partial charge in [-0.2, -0.15) is 0 Å². The second kappa shape index (κ2) is 3.90. The fourth-order valence-electron chi connectivity index (χ4n) is 1.63. The highest BCUT2D eigenvalue weighted by Gasteiger charge is 2.31. The van der Waals surface area contributed by atoms with Crippen LogP contribution in [0.4, 0.5) is 0 Å². The Labute approximate surface area is 107 Å². The summed E-state index contributed by atoms with van der Waals surface area (Å²) in [6, 6.07) is 3.55. The first-order valence-corrected chi connectivity index (χ1v) is 5.96. The summed E-state index contributed by atoms with van der Waals surface area (Å²) in [5, 5.41) is 0.607. The summed E-state index contributed by atoms with van der Waals surface area (Å²) in [4.78, 5) is 11.0. The van der Waals surface area contributed by atoms with Crippen LogP contribution in [0.1, 0.15) is 19.4 Å². The summed E-state index contributed by atoms with van der Waals surface area (Å²) in [5.74, 6) is 0.722. The van der Waals surface area contributed by atoms with E-state index >= 15 is 0 Å². The lowest BCUT2D eigenvalue weighted by Gasteiger charge is -2.32. The Balaban J connectivity index is 2.65. The minimum atomic E-state index is -0.606. The quantitative estimate of drug-likeness (QED) is 0.736. The molecule has 2 rings (SSSR count). The van der Waals surface area contributed by atoms with Gasteiger partial charge >= 0.3 is 0 Å². The van der Waals surface area contributed by atoms with Crippen molar-refractivity contribution in [1.82, 2.24) is 0 Å². The van der Waals surface area contributed by atoms with Crippen molar-refractivity contribution < 1.29 is 9.53 Å². The van der Waals surface area contributed by atoms with Crippen molar-refractivity contribution in [3.63, 3.8) is 0 Å². The molecule has 1 heterocycles. The molecule has 0 N–H and O–H groups in total. The molecule has 0 saturated carbocycles. The highest BCUT2D eigenvalue weighted by Crippen LogP contribution is 2.41. The van der Waals surface area contributed by atoms with Crippen LogP contribution in [0.5, 0.6) is 5.75 Å². The molecule has 2 nitrogen and oxygen atoms in total. The lowest BCUT2D eigenvalue weighted by Crippen LogP contribution is -2.34. The molecule has 0 atom stereocenters. The number of halogens is 2. The summed E-state index contributed by atoms with van der Waals surface area (Å²) in [6.45, 7) is 3.72. The average molecular weight is 302 g/mol. The molecule has 0 fully saturated rings. The van der Waals surface area contributed by atoms with Gasteiger partial charge in [-0.1, -0.05) is 11.6 Å². The van der Waals surface area contributed by atoms with Crippen LogP contribution >= 0.6 is 27.5 Å². The average Bonchev–Trinajstić information content (AvgIpc) is 2.18. The molecule has 0 radical (unpaired) electrons. The van der Waals surface area contributed by atoms with E-state index in [1.165, 1.54) is 0 Å². The predicted octanol–water partition coefficient (Wildman–Crippen LogP) is 3.86. The van der Waals surface area contributed by atoms with Gasteiger partial charge in [0, 0.05) is 16.2 Å². The van der Waals surface area contributed by atoms with Crippen molar-refractivity contribution in [3.8, 4) is 5.75 Å². The summed E-state index contributed by atoms with van der Waals surface area (Å²) in [5.41, 5.74) is 0.820. The van der Waals surface area contributed by atoms with Gasteiger partial charge in [-0.3, -0.25) is 4.79 Å². The third-order valence-corrected chi connectivity index (χ3v) is 3.33.